The number of pyridine rings is 1. The van der Waals surface area contributed by atoms with Crippen molar-refractivity contribution < 1.29 is 27.4 Å². The van der Waals surface area contributed by atoms with E-state index in [1.54, 1.807) is 0 Å². The van der Waals surface area contributed by atoms with E-state index in [0.717, 1.165) is 0 Å². The Balaban J connectivity index is 2.63. The summed E-state index contributed by atoms with van der Waals surface area (Å²) < 4.78 is 44.7. The van der Waals surface area contributed by atoms with Gasteiger partial charge in [-0.25, -0.2) is 9.18 Å². The second-order valence-corrected chi connectivity index (χ2v) is 4.25. The first-order chi connectivity index (χ1) is 8.75. The van der Waals surface area contributed by atoms with Crippen LogP contribution < -0.4 is 4.74 Å². The van der Waals surface area contributed by atoms with Crippen LogP contribution in [0, 0.1) is 0 Å². The zero-order chi connectivity index (χ0) is 14.6. The van der Waals surface area contributed by atoms with Crippen LogP contribution in [0.2, 0.25) is 15.2 Å². The van der Waals surface area contributed by atoms with E-state index in [0.29, 0.717) is 0 Å². The maximum absolute atomic E-state index is 12.4. The van der Waals surface area contributed by atoms with Crippen LogP contribution in [0.5, 0.6) is 5.88 Å². The van der Waals surface area contributed by atoms with Crippen LogP contribution >= 0.6 is 34.8 Å². The van der Waals surface area contributed by atoms with E-state index in [1.165, 1.54) is 6.07 Å². The van der Waals surface area contributed by atoms with Gasteiger partial charge in [-0.3, -0.25) is 0 Å². The van der Waals surface area contributed by atoms with Gasteiger partial charge in [-0.2, -0.15) is 13.8 Å². The predicted molar refractivity (Wildman–Crippen MR) is 61.8 cm³/mol. The van der Waals surface area contributed by atoms with Crippen LogP contribution in [0.1, 0.15) is 0 Å². The molecule has 0 aliphatic carbocycles. The highest BCUT2D eigenvalue weighted by Crippen LogP contribution is 2.30. The van der Waals surface area contributed by atoms with Gasteiger partial charge in [-0.15, -0.1) is 0 Å². The molecule has 1 aromatic heterocycles. The summed E-state index contributed by atoms with van der Waals surface area (Å²) in [7, 11) is 0. The number of carbonyl (C=O) groups excluding carboxylic acids is 1. The lowest BCUT2D eigenvalue weighted by molar-refractivity contribution is -0.239. The van der Waals surface area contributed by atoms with Crippen molar-refractivity contribution in [1.82, 2.24) is 4.98 Å². The van der Waals surface area contributed by atoms with Gasteiger partial charge in [0.05, 0.1) is 5.02 Å². The molecule has 0 bridgehead atoms. The molecule has 0 aliphatic heterocycles. The first-order valence-corrected chi connectivity index (χ1v) is 5.68. The number of hydrogen-bond donors (Lipinski definition) is 0. The van der Waals surface area contributed by atoms with Crippen molar-refractivity contribution in [1.29, 1.82) is 0 Å². The Morgan fingerprint density at radius 3 is 2.53 bits per heavy atom. The van der Waals surface area contributed by atoms with Gasteiger partial charge in [-0.1, -0.05) is 34.8 Å². The fourth-order valence-corrected chi connectivity index (χ4v) is 1.42. The molecule has 0 saturated carbocycles. The van der Waals surface area contributed by atoms with Gasteiger partial charge in [0, 0.05) is 0 Å². The van der Waals surface area contributed by atoms with Crippen molar-refractivity contribution in [2.45, 2.75) is 6.11 Å². The number of ether oxygens (including phenoxy) is 2. The maximum Gasteiger partial charge on any atom is 0.429 e. The fourth-order valence-electron chi connectivity index (χ4n) is 0.880. The number of halogens is 6. The molecule has 0 N–H and O–H groups in total. The summed E-state index contributed by atoms with van der Waals surface area (Å²) in [6.45, 7) is -3.08. The van der Waals surface area contributed by atoms with Gasteiger partial charge in [-0.05, 0) is 6.07 Å². The van der Waals surface area contributed by atoms with E-state index in [1.807, 2.05) is 0 Å². The second kappa shape index (κ2) is 6.49. The molecule has 0 unspecified atom stereocenters. The summed E-state index contributed by atoms with van der Waals surface area (Å²) in [6.07, 6.45) is -4.20. The number of esters is 1. The van der Waals surface area contributed by atoms with Crippen molar-refractivity contribution >= 4 is 40.8 Å². The molecule has 19 heavy (non-hydrogen) atoms. The van der Waals surface area contributed by atoms with Crippen LogP contribution in [-0.2, 0) is 9.53 Å². The Morgan fingerprint density at radius 1 is 1.32 bits per heavy atom. The molecular formula is C9H5Cl3F3NO3. The summed E-state index contributed by atoms with van der Waals surface area (Å²) in [5, 5.41) is -0.187. The Bertz CT molecular complexity index is 487. The van der Waals surface area contributed by atoms with E-state index >= 15 is 0 Å². The van der Waals surface area contributed by atoms with Gasteiger partial charge in [0.25, 0.3) is 0 Å². The molecule has 0 aromatic carbocycles. The normalized spacial score (nSPS) is 11.3. The molecule has 0 amide bonds. The lowest BCUT2D eigenvalue weighted by Gasteiger charge is -2.13. The molecule has 106 valence electrons. The highest BCUT2D eigenvalue weighted by molar-refractivity contribution is 6.42. The molecule has 0 aliphatic rings. The van der Waals surface area contributed by atoms with Gasteiger partial charge >= 0.3 is 12.1 Å². The Labute approximate surface area is 120 Å². The first-order valence-electron chi connectivity index (χ1n) is 4.55. The standard InChI is InChI=1S/C9H5Cl3F3NO3/c10-4-1-5(11)8(16-7(4)12)18-2-6(17)19-9(14,15)3-13/h1H,2-3H2. The summed E-state index contributed by atoms with van der Waals surface area (Å²) in [5.41, 5.74) is 0. The van der Waals surface area contributed by atoms with Crippen molar-refractivity contribution in [3.8, 4) is 5.88 Å². The number of hydrogen-bond acceptors (Lipinski definition) is 4. The van der Waals surface area contributed by atoms with E-state index in [-0.39, 0.29) is 21.1 Å². The number of nitrogens with zero attached hydrogens (tertiary/aromatic N) is 1. The number of carbonyl (C=O) groups is 1. The van der Waals surface area contributed by atoms with E-state index in [2.05, 4.69) is 9.72 Å². The lowest BCUT2D eigenvalue weighted by atomic mass is 10.5. The van der Waals surface area contributed by atoms with E-state index < -0.39 is 25.4 Å². The lowest BCUT2D eigenvalue weighted by Crippen LogP contribution is -2.30. The highest BCUT2D eigenvalue weighted by Gasteiger charge is 2.34. The third-order valence-electron chi connectivity index (χ3n) is 1.60. The minimum atomic E-state index is -4.20. The van der Waals surface area contributed by atoms with Gasteiger partial charge in [0.15, 0.2) is 18.4 Å². The quantitative estimate of drug-likeness (QED) is 0.609. The van der Waals surface area contributed by atoms with Crippen LogP contribution in [0.3, 0.4) is 0 Å². The molecule has 1 aromatic rings. The van der Waals surface area contributed by atoms with Crippen LogP contribution in [0.25, 0.3) is 0 Å². The largest absolute Gasteiger partial charge is 0.465 e. The van der Waals surface area contributed by atoms with E-state index in [9.17, 15) is 18.0 Å². The summed E-state index contributed by atoms with van der Waals surface area (Å²) >= 11 is 16.8. The maximum atomic E-state index is 12.4. The number of aromatic nitrogens is 1. The van der Waals surface area contributed by atoms with Crippen molar-refractivity contribution in [2.24, 2.45) is 0 Å². The fraction of sp³-hybridized carbons (Fsp3) is 0.333. The van der Waals surface area contributed by atoms with Gasteiger partial charge < -0.3 is 9.47 Å². The SMILES string of the molecule is O=C(COc1nc(Cl)c(Cl)cc1Cl)OC(F)(F)CF. The minimum Gasteiger partial charge on any atom is -0.465 e. The zero-order valence-corrected chi connectivity index (χ0v) is 11.2. The molecule has 1 heterocycles. The average Bonchev–Trinajstić information content (AvgIpc) is 2.31. The van der Waals surface area contributed by atoms with Crippen molar-refractivity contribution in [2.75, 3.05) is 13.3 Å². The van der Waals surface area contributed by atoms with E-state index in [4.69, 9.17) is 39.5 Å². The van der Waals surface area contributed by atoms with Crippen LogP contribution in [-0.4, -0.2) is 30.3 Å². The van der Waals surface area contributed by atoms with Crippen LogP contribution in [0.4, 0.5) is 13.2 Å². The molecule has 0 saturated heterocycles. The molecule has 0 radical (unpaired) electrons. The molecule has 0 spiro atoms. The Kier molecular flexibility index (Phi) is 5.51. The van der Waals surface area contributed by atoms with Crippen molar-refractivity contribution in [3.63, 3.8) is 0 Å². The van der Waals surface area contributed by atoms with Crippen LogP contribution in [0.15, 0.2) is 6.07 Å². The first kappa shape index (κ1) is 16.1. The summed E-state index contributed by atoms with van der Waals surface area (Å²) in [6, 6.07) is 1.19. The third kappa shape index (κ3) is 4.93. The number of rotatable bonds is 5. The monoisotopic (exact) mass is 337 g/mol. The number of alkyl halides is 3. The topological polar surface area (TPSA) is 48.4 Å². The summed E-state index contributed by atoms with van der Waals surface area (Å²) in [4.78, 5) is 14.5. The molecular weight excluding hydrogens is 333 g/mol. The second-order valence-electron chi connectivity index (χ2n) is 3.08. The molecule has 0 fully saturated rings. The Morgan fingerprint density at radius 2 is 1.95 bits per heavy atom. The average molecular weight is 338 g/mol. The smallest absolute Gasteiger partial charge is 0.429 e. The zero-order valence-electron chi connectivity index (χ0n) is 8.93. The molecule has 0 atom stereocenters. The molecule has 1 rings (SSSR count). The predicted octanol–water partition coefficient (Wildman–Crippen LogP) is 3.53. The molecule has 10 heteroatoms. The summed E-state index contributed by atoms with van der Waals surface area (Å²) in [5.74, 6) is -1.79. The molecule has 4 nitrogen and oxygen atoms in total. The Hall–Kier alpha value is -0.920. The van der Waals surface area contributed by atoms with Crippen molar-refractivity contribution in [3.05, 3.63) is 21.3 Å². The van der Waals surface area contributed by atoms with Gasteiger partial charge in [0.2, 0.25) is 5.88 Å². The minimum absolute atomic E-state index is 0.0468. The van der Waals surface area contributed by atoms with Gasteiger partial charge in [0.1, 0.15) is 5.02 Å². The third-order valence-corrected chi connectivity index (χ3v) is 2.54. The highest BCUT2D eigenvalue weighted by atomic mass is 35.5.